The molecule has 0 aliphatic carbocycles. The monoisotopic (exact) mass is 252 g/mol. The number of hydrogen-bond donors (Lipinski definition) is 2. The number of nitrogens with two attached hydrogens (primary N) is 1. The van der Waals surface area contributed by atoms with Gasteiger partial charge in [-0.05, 0) is 56.4 Å². The molecule has 4 heteroatoms. The van der Waals surface area contributed by atoms with Crippen molar-refractivity contribution in [2.45, 2.75) is 51.4 Å². The maximum absolute atomic E-state index is 13.3. The van der Waals surface area contributed by atoms with Gasteiger partial charge in [0, 0.05) is 0 Å². The Labute approximate surface area is 107 Å². The highest BCUT2D eigenvalue weighted by molar-refractivity contribution is 5.27. The van der Waals surface area contributed by atoms with Crippen LogP contribution in [-0.4, -0.2) is 18.2 Å². The molecule has 3 N–H and O–H groups in total. The van der Waals surface area contributed by atoms with Crippen molar-refractivity contribution in [3.8, 4) is 0 Å². The van der Waals surface area contributed by atoms with Gasteiger partial charge >= 0.3 is 0 Å². The predicted octanol–water partition coefficient (Wildman–Crippen LogP) is 2.08. The van der Waals surface area contributed by atoms with Gasteiger partial charge in [0.2, 0.25) is 0 Å². The molecular weight excluding hydrogens is 231 g/mol. The Kier molecular flexibility index (Phi) is 4.32. The summed E-state index contributed by atoms with van der Waals surface area (Å²) in [6.07, 6.45) is 3.17. The first-order valence-corrected chi connectivity index (χ1v) is 6.46. The van der Waals surface area contributed by atoms with Crippen molar-refractivity contribution in [2.75, 3.05) is 0 Å². The van der Waals surface area contributed by atoms with E-state index in [9.17, 15) is 4.39 Å². The van der Waals surface area contributed by atoms with E-state index in [1.807, 2.05) is 6.92 Å². The van der Waals surface area contributed by atoms with E-state index in [4.69, 9.17) is 10.6 Å². The fourth-order valence-electron chi connectivity index (χ4n) is 2.52. The normalized spacial score (nSPS) is 25.3. The minimum Gasteiger partial charge on any atom is -0.374 e. The lowest BCUT2D eigenvalue weighted by Gasteiger charge is -2.23. The number of halogens is 1. The summed E-state index contributed by atoms with van der Waals surface area (Å²) in [6.45, 7) is 4.06. The minimum atomic E-state index is -0.202. The summed E-state index contributed by atoms with van der Waals surface area (Å²) in [7, 11) is 0. The quantitative estimate of drug-likeness (QED) is 0.637. The van der Waals surface area contributed by atoms with Gasteiger partial charge in [0.1, 0.15) is 5.82 Å². The average molecular weight is 252 g/mol. The van der Waals surface area contributed by atoms with Crippen LogP contribution in [0.25, 0.3) is 0 Å². The molecule has 1 heterocycles. The van der Waals surface area contributed by atoms with E-state index in [0.717, 1.165) is 24.0 Å². The topological polar surface area (TPSA) is 47.3 Å². The van der Waals surface area contributed by atoms with E-state index >= 15 is 0 Å². The number of rotatable bonds is 4. The first kappa shape index (κ1) is 13.5. The summed E-state index contributed by atoms with van der Waals surface area (Å²) in [6, 6.07) is 4.90. The van der Waals surface area contributed by atoms with Crippen LogP contribution in [-0.2, 0) is 11.2 Å². The highest BCUT2D eigenvalue weighted by Crippen LogP contribution is 2.24. The second kappa shape index (κ2) is 5.78. The fourth-order valence-corrected chi connectivity index (χ4v) is 2.52. The van der Waals surface area contributed by atoms with Gasteiger partial charge in [-0.25, -0.2) is 4.39 Å². The van der Waals surface area contributed by atoms with Gasteiger partial charge in [-0.15, -0.1) is 0 Å². The number of benzene rings is 1. The third-order valence-corrected chi connectivity index (χ3v) is 3.68. The van der Waals surface area contributed by atoms with E-state index < -0.39 is 0 Å². The first-order chi connectivity index (χ1) is 8.60. The molecule has 0 amide bonds. The third kappa shape index (κ3) is 3.07. The number of hydrazine groups is 1. The minimum absolute atomic E-state index is 0.0375. The Morgan fingerprint density at radius 2 is 2.28 bits per heavy atom. The lowest BCUT2D eigenvalue weighted by molar-refractivity contribution is 0.0320. The molecule has 1 fully saturated rings. The lowest BCUT2D eigenvalue weighted by atomic mass is 9.96. The first-order valence-electron chi connectivity index (χ1n) is 6.46. The van der Waals surface area contributed by atoms with Crippen molar-refractivity contribution in [1.82, 2.24) is 5.43 Å². The van der Waals surface area contributed by atoms with Crippen LogP contribution in [0.5, 0.6) is 0 Å². The molecule has 0 saturated carbocycles. The van der Waals surface area contributed by atoms with Crippen molar-refractivity contribution in [2.24, 2.45) is 5.84 Å². The van der Waals surface area contributed by atoms with Crippen molar-refractivity contribution in [3.63, 3.8) is 0 Å². The zero-order valence-electron chi connectivity index (χ0n) is 10.9. The molecule has 18 heavy (non-hydrogen) atoms. The second-order valence-electron chi connectivity index (χ2n) is 5.11. The lowest BCUT2D eigenvalue weighted by Crippen LogP contribution is -2.45. The molecule has 2 rings (SSSR count). The van der Waals surface area contributed by atoms with Crippen molar-refractivity contribution in [3.05, 3.63) is 35.1 Å². The Morgan fingerprint density at radius 1 is 1.50 bits per heavy atom. The molecule has 1 aromatic carbocycles. The largest absolute Gasteiger partial charge is 0.374 e. The van der Waals surface area contributed by atoms with E-state index in [2.05, 4.69) is 12.3 Å². The molecule has 0 bridgehead atoms. The molecule has 3 nitrogen and oxygen atoms in total. The zero-order chi connectivity index (χ0) is 13.1. The van der Waals surface area contributed by atoms with Crippen LogP contribution in [0.4, 0.5) is 4.39 Å². The van der Waals surface area contributed by atoms with Crippen molar-refractivity contribution >= 4 is 0 Å². The van der Waals surface area contributed by atoms with Crippen molar-refractivity contribution in [1.29, 1.82) is 0 Å². The summed E-state index contributed by atoms with van der Waals surface area (Å²) in [5.41, 5.74) is 4.89. The molecular formula is C14H21FN2O. The Bertz CT molecular complexity index is 411. The molecule has 1 aliphatic heterocycles. The molecule has 3 unspecified atom stereocenters. The van der Waals surface area contributed by atoms with Crippen LogP contribution < -0.4 is 11.3 Å². The van der Waals surface area contributed by atoms with Gasteiger partial charge in [-0.2, -0.15) is 0 Å². The molecule has 1 aromatic rings. The Morgan fingerprint density at radius 3 is 2.89 bits per heavy atom. The van der Waals surface area contributed by atoms with Crippen LogP contribution in [0.15, 0.2) is 18.2 Å². The predicted molar refractivity (Wildman–Crippen MR) is 69.5 cm³/mol. The van der Waals surface area contributed by atoms with Crippen molar-refractivity contribution < 1.29 is 9.13 Å². The highest BCUT2D eigenvalue weighted by Gasteiger charge is 2.29. The Balaban J connectivity index is 2.08. The molecule has 0 radical (unpaired) electrons. The molecule has 0 spiro atoms. The van der Waals surface area contributed by atoms with Crippen LogP contribution >= 0.6 is 0 Å². The van der Waals surface area contributed by atoms with Crippen LogP contribution in [0.3, 0.4) is 0 Å². The smallest absolute Gasteiger partial charge is 0.123 e. The number of aryl methyl sites for hydroxylation is 1. The molecule has 100 valence electrons. The summed E-state index contributed by atoms with van der Waals surface area (Å²) >= 11 is 0. The fraction of sp³-hybridized carbons (Fsp3) is 0.571. The van der Waals surface area contributed by atoms with E-state index in [1.165, 1.54) is 6.07 Å². The third-order valence-electron chi connectivity index (χ3n) is 3.68. The second-order valence-corrected chi connectivity index (χ2v) is 5.11. The number of hydrogen-bond acceptors (Lipinski definition) is 3. The van der Waals surface area contributed by atoms with Crippen LogP contribution in [0.1, 0.15) is 30.9 Å². The highest BCUT2D eigenvalue weighted by atomic mass is 19.1. The molecule has 1 aliphatic rings. The maximum atomic E-state index is 13.3. The number of nitrogens with one attached hydrogen (secondary N) is 1. The van der Waals surface area contributed by atoms with Gasteiger partial charge < -0.3 is 4.74 Å². The molecule has 1 saturated heterocycles. The zero-order valence-corrected chi connectivity index (χ0v) is 10.9. The van der Waals surface area contributed by atoms with Gasteiger partial charge in [0.15, 0.2) is 0 Å². The maximum Gasteiger partial charge on any atom is 0.123 e. The summed E-state index contributed by atoms with van der Waals surface area (Å²) in [4.78, 5) is 0. The van der Waals surface area contributed by atoms with Gasteiger partial charge in [-0.3, -0.25) is 11.3 Å². The van der Waals surface area contributed by atoms with Crippen LogP contribution in [0.2, 0.25) is 0 Å². The van der Waals surface area contributed by atoms with E-state index in [0.29, 0.717) is 12.5 Å². The van der Waals surface area contributed by atoms with Gasteiger partial charge in [-0.1, -0.05) is 6.07 Å². The molecule has 3 atom stereocenters. The Hall–Kier alpha value is -0.970. The van der Waals surface area contributed by atoms with Crippen LogP contribution in [0, 0.1) is 12.7 Å². The van der Waals surface area contributed by atoms with E-state index in [1.54, 1.807) is 12.1 Å². The van der Waals surface area contributed by atoms with Gasteiger partial charge in [0.05, 0.1) is 18.2 Å². The average Bonchev–Trinajstić information content (AvgIpc) is 2.77. The summed E-state index contributed by atoms with van der Waals surface area (Å²) < 4.78 is 19.1. The molecule has 0 aromatic heterocycles. The summed E-state index contributed by atoms with van der Waals surface area (Å²) in [5.74, 6) is 5.41. The SMILES string of the molecule is Cc1ccc(F)cc1CC(NN)C1CCC(C)O1. The standard InChI is InChI=1S/C14H21FN2O/c1-9-3-5-12(15)7-11(9)8-13(17-16)14-6-4-10(2)18-14/h3,5,7,10,13-14,17H,4,6,8,16H2,1-2H3. The van der Waals surface area contributed by atoms with Gasteiger partial charge in [0.25, 0.3) is 0 Å². The summed E-state index contributed by atoms with van der Waals surface area (Å²) in [5, 5.41) is 0. The van der Waals surface area contributed by atoms with E-state index in [-0.39, 0.29) is 18.0 Å². The number of ether oxygens (including phenoxy) is 1.